The van der Waals surface area contributed by atoms with E-state index in [9.17, 15) is 15.3 Å². The Balaban J connectivity index is 2.09. The van der Waals surface area contributed by atoms with Gasteiger partial charge in [-0.3, -0.25) is 0 Å². The second-order valence-electron chi connectivity index (χ2n) is 6.44. The standard InChI is InChI=1S/C14H31N5O7/c15-1-2-23-13-8(19)11(22)12(6(4-17)25-13)26-14-7(18)10(21)9(20)5(3-16)24-14/h5-14,20-22H,1-4,15-19H2/t5-,6-,7-,8-,9-,10-,11-,12-,13+,14+/m1/s1. The Labute approximate surface area is 151 Å². The van der Waals surface area contributed by atoms with Crippen LogP contribution >= 0.6 is 0 Å². The Kier molecular flexibility index (Phi) is 8.08. The minimum absolute atomic E-state index is 0.00435. The van der Waals surface area contributed by atoms with Gasteiger partial charge in [0.15, 0.2) is 12.6 Å². The molecule has 0 aromatic carbocycles. The quantitative estimate of drug-likeness (QED) is 0.206. The van der Waals surface area contributed by atoms with Crippen molar-refractivity contribution in [3.05, 3.63) is 0 Å². The van der Waals surface area contributed by atoms with E-state index in [4.69, 9.17) is 47.6 Å². The van der Waals surface area contributed by atoms with Crippen molar-refractivity contribution in [2.75, 3.05) is 26.2 Å². The minimum atomic E-state index is -1.31. The van der Waals surface area contributed by atoms with Crippen molar-refractivity contribution in [1.29, 1.82) is 0 Å². The zero-order chi connectivity index (χ0) is 19.4. The van der Waals surface area contributed by atoms with Crippen LogP contribution in [0.3, 0.4) is 0 Å². The van der Waals surface area contributed by atoms with Gasteiger partial charge in [-0.05, 0) is 0 Å². The molecular formula is C14H31N5O7. The molecule has 10 atom stereocenters. The van der Waals surface area contributed by atoms with Crippen LogP contribution in [-0.2, 0) is 18.9 Å². The lowest BCUT2D eigenvalue weighted by Gasteiger charge is -2.46. The average molecular weight is 381 g/mol. The molecule has 2 rings (SSSR count). The monoisotopic (exact) mass is 381 g/mol. The maximum Gasteiger partial charge on any atom is 0.176 e. The highest BCUT2D eigenvalue weighted by atomic mass is 16.7. The average Bonchev–Trinajstić information content (AvgIpc) is 2.64. The Morgan fingerprint density at radius 3 is 1.92 bits per heavy atom. The summed E-state index contributed by atoms with van der Waals surface area (Å²) in [5.74, 6) is 0. The second-order valence-corrected chi connectivity index (χ2v) is 6.44. The summed E-state index contributed by atoms with van der Waals surface area (Å²) in [7, 11) is 0. The molecule has 0 amide bonds. The third-order valence-electron chi connectivity index (χ3n) is 4.62. The first-order valence-electron chi connectivity index (χ1n) is 8.59. The van der Waals surface area contributed by atoms with Crippen molar-refractivity contribution in [2.24, 2.45) is 28.7 Å². The summed E-state index contributed by atoms with van der Waals surface area (Å²) >= 11 is 0. The molecule has 2 saturated heterocycles. The van der Waals surface area contributed by atoms with Crippen LogP contribution in [-0.4, -0.2) is 103 Å². The zero-order valence-corrected chi connectivity index (χ0v) is 14.5. The van der Waals surface area contributed by atoms with E-state index in [1.165, 1.54) is 0 Å². The predicted octanol–water partition coefficient (Wildman–Crippen LogP) is -5.55. The number of hydrogen-bond acceptors (Lipinski definition) is 12. The fraction of sp³-hybridized carbons (Fsp3) is 1.00. The zero-order valence-electron chi connectivity index (χ0n) is 14.5. The Morgan fingerprint density at radius 2 is 1.35 bits per heavy atom. The van der Waals surface area contributed by atoms with Crippen molar-refractivity contribution in [3.8, 4) is 0 Å². The van der Waals surface area contributed by atoms with Crippen molar-refractivity contribution < 1.29 is 34.3 Å². The van der Waals surface area contributed by atoms with Crippen LogP contribution in [0.5, 0.6) is 0 Å². The van der Waals surface area contributed by atoms with E-state index in [0.29, 0.717) is 0 Å². The highest BCUT2D eigenvalue weighted by Crippen LogP contribution is 2.27. The SMILES string of the molecule is NCCO[C@H]1O[C@H](CN)[C@@H](O[C@@H]2O[C@H](CN)[C@@H](O)[C@H](O)[C@H]2N)[C@H](O)[C@H]1N. The van der Waals surface area contributed by atoms with Gasteiger partial charge < -0.3 is 62.9 Å². The van der Waals surface area contributed by atoms with Gasteiger partial charge in [0.05, 0.1) is 18.7 Å². The molecule has 26 heavy (non-hydrogen) atoms. The molecule has 0 spiro atoms. The van der Waals surface area contributed by atoms with Gasteiger partial charge >= 0.3 is 0 Å². The lowest BCUT2D eigenvalue weighted by Crippen LogP contribution is -2.68. The van der Waals surface area contributed by atoms with Crippen molar-refractivity contribution >= 4 is 0 Å². The van der Waals surface area contributed by atoms with Gasteiger partial charge in [-0.1, -0.05) is 0 Å². The van der Waals surface area contributed by atoms with Crippen LogP contribution in [0, 0.1) is 0 Å². The highest BCUT2D eigenvalue weighted by Gasteiger charge is 2.49. The molecule has 12 nitrogen and oxygen atoms in total. The fourth-order valence-electron chi connectivity index (χ4n) is 3.06. The van der Waals surface area contributed by atoms with Crippen LogP contribution < -0.4 is 28.7 Å². The fourth-order valence-corrected chi connectivity index (χ4v) is 3.06. The number of aliphatic hydroxyl groups excluding tert-OH is 3. The number of aliphatic hydroxyl groups is 3. The van der Waals surface area contributed by atoms with Crippen LogP contribution in [0.4, 0.5) is 0 Å². The lowest BCUT2D eigenvalue weighted by atomic mass is 9.95. The van der Waals surface area contributed by atoms with E-state index >= 15 is 0 Å². The third kappa shape index (κ3) is 4.49. The van der Waals surface area contributed by atoms with Crippen molar-refractivity contribution in [1.82, 2.24) is 0 Å². The molecule has 0 aromatic rings. The predicted molar refractivity (Wildman–Crippen MR) is 89.3 cm³/mol. The van der Waals surface area contributed by atoms with Crippen LogP contribution in [0.1, 0.15) is 0 Å². The molecule has 2 fully saturated rings. The van der Waals surface area contributed by atoms with Gasteiger partial charge in [0.2, 0.25) is 0 Å². The smallest absolute Gasteiger partial charge is 0.176 e. The summed E-state index contributed by atoms with van der Waals surface area (Å²) < 4.78 is 22.3. The summed E-state index contributed by atoms with van der Waals surface area (Å²) in [6, 6.07) is -1.99. The summed E-state index contributed by atoms with van der Waals surface area (Å²) in [6.45, 7) is 0.419. The summed E-state index contributed by atoms with van der Waals surface area (Å²) in [4.78, 5) is 0. The maximum atomic E-state index is 10.5. The number of rotatable bonds is 7. The number of nitrogens with two attached hydrogens (primary N) is 5. The molecular weight excluding hydrogens is 350 g/mol. The number of hydrogen-bond donors (Lipinski definition) is 8. The van der Waals surface area contributed by atoms with Crippen molar-refractivity contribution in [2.45, 2.75) is 61.3 Å². The Bertz CT molecular complexity index is 432. The van der Waals surface area contributed by atoms with E-state index in [2.05, 4.69) is 0 Å². The second kappa shape index (κ2) is 9.64. The first-order valence-corrected chi connectivity index (χ1v) is 8.59. The summed E-state index contributed by atoms with van der Waals surface area (Å²) in [5, 5.41) is 30.5. The van der Waals surface area contributed by atoms with Gasteiger partial charge in [0.1, 0.15) is 36.6 Å². The van der Waals surface area contributed by atoms with Crippen LogP contribution in [0.15, 0.2) is 0 Å². The Morgan fingerprint density at radius 1 is 0.769 bits per heavy atom. The van der Waals surface area contributed by atoms with E-state index in [-0.39, 0.29) is 26.2 Å². The minimum Gasteiger partial charge on any atom is -0.388 e. The Hall–Kier alpha value is -0.480. The van der Waals surface area contributed by atoms with E-state index in [1.54, 1.807) is 0 Å². The summed E-state index contributed by atoms with van der Waals surface area (Å²) in [5.41, 5.74) is 28.5. The first-order chi connectivity index (χ1) is 12.3. The highest BCUT2D eigenvalue weighted by molar-refractivity contribution is 4.96. The molecule has 0 aliphatic carbocycles. The van der Waals surface area contributed by atoms with Gasteiger partial charge in [-0.2, -0.15) is 0 Å². The van der Waals surface area contributed by atoms with Crippen LogP contribution in [0.25, 0.3) is 0 Å². The van der Waals surface area contributed by atoms with Gasteiger partial charge in [-0.15, -0.1) is 0 Å². The number of ether oxygens (including phenoxy) is 4. The first kappa shape index (κ1) is 21.8. The van der Waals surface area contributed by atoms with Gasteiger partial charge in [-0.25, -0.2) is 0 Å². The molecule has 12 heteroatoms. The largest absolute Gasteiger partial charge is 0.388 e. The topological polar surface area (TPSA) is 228 Å². The molecule has 2 heterocycles. The van der Waals surface area contributed by atoms with Crippen molar-refractivity contribution in [3.63, 3.8) is 0 Å². The van der Waals surface area contributed by atoms with Crippen LogP contribution in [0.2, 0.25) is 0 Å². The molecule has 154 valence electrons. The van der Waals surface area contributed by atoms with E-state index < -0.39 is 61.3 Å². The molecule has 13 N–H and O–H groups in total. The van der Waals surface area contributed by atoms with Gasteiger partial charge in [0.25, 0.3) is 0 Å². The maximum absolute atomic E-state index is 10.5. The molecule has 2 aliphatic rings. The van der Waals surface area contributed by atoms with Gasteiger partial charge in [0, 0.05) is 19.6 Å². The molecule has 0 unspecified atom stereocenters. The molecule has 2 aliphatic heterocycles. The lowest BCUT2D eigenvalue weighted by molar-refractivity contribution is -0.321. The van der Waals surface area contributed by atoms with E-state index in [1.807, 2.05) is 0 Å². The summed E-state index contributed by atoms with van der Waals surface area (Å²) in [6.07, 6.45) is -8.41. The van der Waals surface area contributed by atoms with E-state index in [0.717, 1.165) is 0 Å². The normalized spacial score (nSPS) is 47.1. The molecule has 0 bridgehead atoms. The third-order valence-corrected chi connectivity index (χ3v) is 4.62. The molecule has 0 aromatic heterocycles. The molecule has 0 radical (unpaired) electrons. The molecule has 0 saturated carbocycles.